The Bertz CT molecular complexity index is 843. The molecule has 0 bridgehead atoms. The van der Waals surface area contributed by atoms with Crippen molar-refractivity contribution in [1.29, 1.82) is 0 Å². The topological polar surface area (TPSA) is 96.2 Å². The second-order valence-corrected chi connectivity index (χ2v) is 4.33. The van der Waals surface area contributed by atoms with Crippen LogP contribution < -0.4 is 5.56 Å². The van der Waals surface area contributed by atoms with E-state index in [1.807, 2.05) is 18.2 Å². The second kappa shape index (κ2) is 4.34. The molecular formula is C14H10N2O4. The smallest absolute Gasteiger partial charge is 0.343 e. The Kier molecular flexibility index (Phi) is 2.64. The summed E-state index contributed by atoms with van der Waals surface area (Å²) >= 11 is 0. The molecule has 0 aliphatic heterocycles. The lowest BCUT2D eigenvalue weighted by molar-refractivity contribution is 0.0693. The number of H-pyrrole nitrogens is 1. The molecule has 2 aromatic heterocycles. The number of benzene rings is 1. The van der Waals surface area contributed by atoms with Gasteiger partial charge in [0.25, 0.3) is 5.56 Å². The number of para-hydroxylation sites is 1. The highest BCUT2D eigenvalue weighted by molar-refractivity contribution is 5.88. The van der Waals surface area contributed by atoms with Gasteiger partial charge in [-0.2, -0.15) is 0 Å². The third kappa shape index (κ3) is 1.87. The average molecular weight is 270 g/mol. The molecule has 6 heteroatoms. The van der Waals surface area contributed by atoms with Gasteiger partial charge in [0.1, 0.15) is 11.1 Å². The van der Waals surface area contributed by atoms with Crippen LogP contribution in [0, 0.1) is 6.92 Å². The summed E-state index contributed by atoms with van der Waals surface area (Å²) < 4.78 is 5.58. The summed E-state index contributed by atoms with van der Waals surface area (Å²) in [5, 5.41) is 9.82. The summed E-state index contributed by atoms with van der Waals surface area (Å²) in [5.74, 6) is -0.690. The number of aromatic nitrogens is 2. The molecule has 0 unspecified atom stereocenters. The molecule has 0 radical (unpaired) electrons. The first-order chi connectivity index (χ1) is 9.56. The number of hydrogen-bond acceptors (Lipinski definition) is 4. The summed E-state index contributed by atoms with van der Waals surface area (Å²) in [6, 6.07) is 9.13. The zero-order valence-corrected chi connectivity index (χ0v) is 10.5. The highest BCUT2D eigenvalue weighted by atomic mass is 16.4. The number of fused-ring (bicyclic) bond motifs is 1. The first kappa shape index (κ1) is 12.2. The molecule has 100 valence electrons. The van der Waals surface area contributed by atoms with Gasteiger partial charge in [-0.05, 0) is 19.1 Å². The predicted octanol–water partition coefficient (Wildman–Crippen LogP) is 2.19. The van der Waals surface area contributed by atoms with Gasteiger partial charge in [-0.15, -0.1) is 0 Å². The van der Waals surface area contributed by atoms with E-state index in [0.29, 0.717) is 11.3 Å². The van der Waals surface area contributed by atoms with Crippen molar-refractivity contribution in [2.75, 3.05) is 0 Å². The average Bonchev–Trinajstić information content (AvgIpc) is 2.81. The third-order valence-corrected chi connectivity index (χ3v) is 2.97. The quantitative estimate of drug-likeness (QED) is 0.744. The van der Waals surface area contributed by atoms with Gasteiger partial charge in [0.05, 0.1) is 5.69 Å². The van der Waals surface area contributed by atoms with E-state index >= 15 is 0 Å². The van der Waals surface area contributed by atoms with Crippen LogP contribution in [0.5, 0.6) is 0 Å². The van der Waals surface area contributed by atoms with Crippen molar-refractivity contribution < 1.29 is 14.3 Å². The lowest BCUT2D eigenvalue weighted by Gasteiger charge is -2.01. The monoisotopic (exact) mass is 270 g/mol. The molecule has 3 rings (SSSR count). The van der Waals surface area contributed by atoms with Crippen molar-refractivity contribution in [2.45, 2.75) is 6.92 Å². The summed E-state index contributed by atoms with van der Waals surface area (Å²) in [6.07, 6.45) is 0. The standard InChI is InChI=1S/C14H10N2O4/c1-7-11(14(18)19)13(17)16-12(15-7)10-6-8-4-2-3-5-9(8)20-10/h2-6H,1H3,(H,18,19)(H,15,16,17). The molecule has 0 saturated heterocycles. The van der Waals surface area contributed by atoms with Gasteiger partial charge < -0.3 is 14.5 Å². The third-order valence-electron chi connectivity index (χ3n) is 2.97. The number of aromatic amines is 1. The summed E-state index contributed by atoms with van der Waals surface area (Å²) in [5.41, 5.74) is -0.230. The van der Waals surface area contributed by atoms with Crippen molar-refractivity contribution >= 4 is 16.9 Å². The number of aromatic carboxylic acids is 1. The zero-order chi connectivity index (χ0) is 14.3. The number of nitrogens with one attached hydrogen (secondary N) is 1. The number of furan rings is 1. The largest absolute Gasteiger partial charge is 0.477 e. The van der Waals surface area contributed by atoms with Crippen LogP contribution in [0.15, 0.2) is 39.5 Å². The Morgan fingerprint density at radius 1 is 1.35 bits per heavy atom. The maximum Gasteiger partial charge on any atom is 0.343 e. The minimum absolute atomic E-state index is 0.150. The van der Waals surface area contributed by atoms with Crippen LogP contribution in [0.1, 0.15) is 16.1 Å². The van der Waals surface area contributed by atoms with Gasteiger partial charge in [0.2, 0.25) is 0 Å². The van der Waals surface area contributed by atoms with Crippen LogP contribution in [0.25, 0.3) is 22.6 Å². The minimum Gasteiger partial charge on any atom is -0.477 e. The number of aryl methyl sites for hydroxylation is 1. The van der Waals surface area contributed by atoms with E-state index in [1.165, 1.54) is 6.92 Å². The van der Waals surface area contributed by atoms with Crippen LogP contribution in [0.4, 0.5) is 0 Å². The fourth-order valence-corrected chi connectivity index (χ4v) is 2.05. The fraction of sp³-hybridized carbons (Fsp3) is 0.0714. The number of hydrogen-bond donors (Lipinski definition) is 2. The van der Waals surface area contributed by atoms with Crippen LogP contribution in [-0.2, 0) is 0 Å². The molecule has 0 atom stereocenters. The van der Waals surface area contributed by atoms with Crippen LogP contribution in [0.2, 0.25) is 0 Å². The summed E-state index contributed by atoms with van der Waals surface area (Å²) in [7, 11) is 0. The van der Waals surface area contributed by atoms with Crippen LogP contribution in [0.3, 0.4) is 0 Å². The molecule has 2 N–H and O–H groups in total. The lowest BCUT2D eigenvalue weighted by Crippen LogP contribution is -2.21. The Balaban J connectivity index is 2.20. The molecule has 0 spiro atoms. The zero-order valence-electron chi connectivity index (χ0n) is 10.5. The molecule has 6 nitrogen and oxygen atoms in total. The molecule has 0 aliphatic rings. The van der Waals surface area contributed by atoms with Crippen molar-refractivity contribution in [3.05, 3.63) is 51.9 Å². The molecule has 2 heterocycles. The van der Waals surface area contributed by atoms with E-state index in [-0.39, 0.29) is 17.1 Å². The van der Waals surface area contributed by atoms with Crippen LogP contribution in [-0.4, -0.2) is 21.0 Å². The lowest BCUT2D eigenvalue weighted by atomic mass is 10.2. The number of rotatable bonds is 2. The Morgan fingerprint density at radius 2 is 2.10 bits per heavy atom. The molecule has 1 aromatic carbocycles. The fourth-order valence-electron chi connectivity index (χ4n) is 2.05. The summed E-state index contributed by atoms with van der Waals surface area (Å²) in [6.45, 7) is 1.48. The van der Waals surface area contributed by atoms with E-state index in [4.69, 9.17) is 9.52 Å². The van der Waals surface area contributed by atoms with Gasteiger partial charge in [-0.25, -0.2) is 9.78 Å². The van der Waals surface area contributed by atoms with E-state index in [9.17, 15) is 9.59 Å². The second-order valence-electron chi connectivity index (χ2n) is 4.33. The maximum atomic E-state index is 11.8. The van der Waals surface area contributed by atoms with Gasteiger partial charge in [0, 0.05) is 5.39 Å². The molecule has 0 amide bonds. The van der Waals surface area contributed by atoms with Gasteiger partial charge >= 0.3 is 5.97 Å². The van der Waals surface area contributed by atoms with Gasteiger partial charge in [0.15, 0.2) is 11.6 Å². The van der Waals surface area contributed by atoms with E-state index in [2.05, 4.69) is 9.97 Å². The van der Waals surface area contributed by atoms with E-state index in [1.54, 1.807) is 12.1 Å². The predicted molar refractivity (Wildman–Crippen MR) is 71.8 cm³/mol. The van der Waals surface area contributed by atoms with Crippen molar-refractivity contribution in [1.82, 2.24) is 9.97 Å². The number of carboxylic acid groups (broad SMARTS) is 1. The molecule has 0 aliphatic carbocycles. The SMILES string of the molecule is Cc1nc(-c2cc3ccccc3o2)[nH]c(=O)c1C(=O)O. The summed E-state index contributed by atoms with van der Waals surface area (Å²) in [4.78, 5) is 29.2. The highest BCUT2D eigenvalue weighted by Gasteiger charge is 2.17. The number of carboxylic acids is 1. The van der Waals surface area contributed by atoms with E-state index in [0.717, 1.165) is 5.39 Å². The molecule has 0 saturated carbocycles. The molecule has 3 aromatic rings. The Labute approximate surface area is 112 Å². The van der Waals surface area contributed by atoms with Gasteiger partial charge in [-0.3, -0.25) is 4.79 Å². The highest BCUT2D eigenvalue weighted by Crippen LogP contribution is 2.25. The van der Waals surface area contributed by atoms with Crippen molar-refractivity contribution in [3.8, 4) is 11.6 Å². The van der Waals surface area contributed by atoms with Gasteiger partial charge in [-0.1, -0.05) is 18.2 Å². The Morgan fingerprint density at radius 3 is 2.75 bits per heavy atom. The maximum absolute atomic E-state index is 11.8. The normalized spacial score (nSPS) is 10.8. The van der Waals surface area contributed by atoms with Crippen LogP contribution >= 0.6 is 0 Å². The molecule has 0 fully saturated rings. The van der Waals surface area contributed by atoms with E-state index < -0.39 is 11.5 Å². The first-order valence-corrected chi connectivity index (χ1v) is 5.89. The minimum atomic E-state index is -1.30. The molecule has 20 heavy (non-hydrogen) atoms. The molecular weight excluding hydrogens is 260 g/mol. The Hall–Kier alpha value is -2.89. The van der Waals surface area contributed by atoms with Crippen molar-refractivity contribution in [3.63, 3.8) is 0 Å². The van der Waals surface area contributed by atoms with Crippen molar-refractivity contribution in [2.24, 2.45) is 0 Å². The first-order valence-electron chi connectivity index (χ1n) is 5.89. The number of nitrogens with zero attached hydrogens (tertiary/aromatic N) is 1. The number of carbonyl (C=O) groups is 1.